The third-order valence-electron chi connectivity index (χ3n) is 4.76. The highest BCUT2D eigenvalue weighted by molar-refractivity contribution is 6.56. The van der Waals surface area contributed by atoms with Crippen LogP contribution in [-0.2, 0) is 14.1 Å². The van der Waals surface area contributed by atoms with Gasteiger partial charge in [-0.1, -0.05) is 6.08 Å². The maximum absolute atomic E-state index is 14.2. The summed E-state index contributed by atoms with van der Waals surface area (Å²) in [5.41, 5.74) is -1.77. The first kappa shape index (κ1) is 21.0. The molecule has 2 N–H and O–H groups in total. The van der Waals surface area contributed by atoms with Crippen LogP contribution in [0.1, 0.15) is 50.5 Å². The molecule has 0 radical (unpaired) electrons. The minimum atomic E-state index is -1.51. The molecule has 1 heterocycles. The lowest BCUT2D eigenvalue weighted by Gasteiger charge is -2.32. The Morgan fingerprint density at radius 1 is 1.15 bits per heavy atom. The molecule has 0 bridgehead atoms. The SMILES string of the molecule is CC(=O)NCC(=Cc1cc(C(=O)O)c(F)cc1F)B1OC(C)(C)C(C)(C)O1. The van der Waals surface area contributed by atoms with Gasteiger partial charge in [0.25, 0.3) is 0 Å². The summed E-state index contributed by atoms with van der Waals surface area (Å²) >= 11 is 0. The van der Waals surface area contributed by atoms with Crippen molar-refractivity contribution in [3.63, 3.8) is 0 Å². The number of carbonyl (C=O) groups excluding carboxylic acids is 1. The molecule has 0 aromatic heterocycles. The van der Waals surface area contributed by atoms with E-state index in [0.717, 1.165) is 6.07 Å². The van der Waals surface area contributed by atoms with Crippen LogP contribution in [0.5, 0.6) is 0 Å². The monoisotopic (exact) mass is 381 g/mol. The second-order valence-corrected chi connectivity index (χ2v) is 7.38. The highest BCUT2D eigenvalue weighted by atomic mass is 19.1. The minimum Gasteiger partial charge on any atom is -0.478 e. The lowest BCUT2D eigenvalue weighted by Crippen LogP contribution is -2.41. The number of benzene rings is 1. The molecule has 2 rings (SSSR count). The highest BCUT2D eigenvalue weighted by Crippen LogP contribution is 2.38. The molecule has 1 aromatic rings. The van der Waals surface area contributed by atoms with Gasteiger partial charge in [-0.2, -0.15) is 0 Å². The summed E-state index contributed by atoms with van der Waals surface area (Å²) in [6.07, 6.45) is 1.30. The van der Waals surface area contributed by atoms with Gasteiger partial charge in [0.15, 0.2) is 0 Å². The van der Waals surface area contributed by atoms with Gasteiger partial charge >= 0.3 is 13.1 Å². The summed E-state index contributed by atoms with van der Waals surface area (Å²) in [4.78, 5) is 22.4. The Morgan fingerprint density at radius 2 is 1.70 bits per heavy atom. The van der Waals surface area contributed by atoms with Crippen LogP contribution in [0.2, 0.25) is 0 Å². The Hall–Kier alpha value is -2.26. The maximum Gasteiger partial charge on any atom is 0.492 e. The summed E-state index contributed by atoms with van der Waals surface area (Å²) in [6, 6.07) is 1.40. The van der Waals surface area contributed by atoms with Gasteiger partial charge in [-0.15, -0.1) is 0 Å². The van der Waals surface area contributed by atoms with Gasteiger partial charge in [-0.25, -0.2) is 13.6 Å². The van der Waals surface area contributed by atoms with E-state index in [9.17, 15) is 18.4 Å². The van der Waals surface area contributed by atoms with Crippen LogP contribution in [-0.4, -0.2) is 41.8 Å². The second kappa shape index (κ2) is 7.40. The van der Waals surface area contributed by atoms with Crippen molar-refractivity contribution in [3.8, 4) is 0 Å². The van der Waals surface area contributed by atoms with E-state index in [-0.39, 0.29) is 18.0 Å². The van der Waals surface area contributed by atoms with Gasteiger partial charge in [0.05, 0.1) is 16.8 Å². The molecule has 0 spiro atoms. The normalized spacial score (nSPS) is 18.5. The van der Waals surface area contributed by atoms with Gasteiger partial charge in [0.1, 0.15) is 11.6 Å². The van der Waals surface area contributed by atoms with Gasteiger partial charge in [-0.3, -0.25) is 4.79 Å². The molecule has 6 nitrogen and oxygen atoms in total. The largest absolute Gasteiger partial charge is 0.492 e. The molecular weight excluding hydrogens is 359 g/mol. The molecule has 1 aliphatic heterocycles. The summed E-state index contributed by atoms with van der Waals surface area (Å²) in [6.45, 7) is 8.66. The first-order chi connectivity index (χ1) is 12.3. The van der Waals surface area contributed by atoms with Crippen molar-refractivity contribution in [2.45, 2.75) is 45.8 Å². The Bertz CT molecular complexity index is 791. The number of rotatable bonds is 5. The standard InChI is InChI=1S/C18H22BF2NO5/c1-10(23)22-9-12(19-26-17(2,3)18(4,5)27-19)6-11-7-13(16(24)25)15(21)8-14(11)20/h6-8H,9H2,1-5H3,(H,22,23)(H,24,25). The van der Waals surface area contributed by atoms with Crippen LogP contribution in [0, 0.1) is 11.6 Å². The number of nitrogens with one attached hydrogen (secondary N) is 1. The zero-order valence-electron chi connectivity index (χ0n) is 15.9. The zero-order chi connectivity index (χ0) is 20.6. The molecule has 0 aliphatic carbocycles. The second-order valence-electron chi connectivity index (χ2n) is 7.38. The van der Waals surface area contributed by atoms with Gasteiger partial charge in [0, 0.05) is 25.1 Å². The van der Waals surface area contributed by atoms with Crippen molar-refractivity contribution in [1.29, 1.82) is 0 Å². The van der Waals surface area contributed by atoms with Crippen molar-refractivity contribution in [1.82, 2.24) is 5.32 Å². The Labute approximate surface area is 156 Å². The third kappa shape index (κ3) is 4.54. The topological polar surface area (TPSA) is 84.9 Å². The average Bonchev–Trinajstić information content (AvgIpc) is 2.72. The number of aromatic carboxylic acids is 1. The van der Waals surface area contributed by atoms with Crippen LogP contribution in [0.15, 0.2) is 17.6 Å². The number of halogens is 2. The Kier molecular flexibility index (Phi) is 5.77. The third-order valence-corrected chi connectivity index (χ3v) is 4.76. The van der Waals surface area contributed by atoms with E-state index in [0.29, 0.717) is 11.5 Å². The van der Waals surface area contributed by atoms with Crippen molar-refractivity contribution >= 4 is 25.1 Å². The Balaban J connectivity index is 2.47. The van der Waals surface area contributed by atoms with Gasteiger partial charge < -0.3 is 19.7 Å². The van der Waals surface area contributed by atoms with Crippen molar-refractivity contribution in [2.24, 2.45) is 0 Å². The van der Waals surface area contributed by atoms with Crippen LogP contribution in [0.4, 0.5) is 8.78 Å². The van der Waals surface area contributed by atoms with Crippen molar-refractivity contribution in [2.75, 3.05) is 6.54 Å². The molecule has 0 unspecified atom stereocenters. The summed E-state index contributed by atoms with van der Waals surface area (Å²) in [7, 11) is -0.889. The molecule has 27 heavy (non-hydrogen) atoms. The number of carboxylic acid groups (broad SMARTS) is 1. The molecular formula is C18H22BF2NO5. The van der Waals surface area contributed by atoms with E-state index < -0.39 is 41.5 Å². The molecule has 0 atom stereocenters. The number of amides is 1. The smallest absolute Gasteiger partial charge is 0.478 e. The van der Waals surface area contributed by atoms with Crippen molar-refractivity contribution < 1.29 is 32.8 Å². The fourth-order valence-electron chi connectivity index (χ4n) is 2.46. The molecule has 1 amide bonds. The van der Waals surface area contributed by atoms with E-state index in [1.807, 2.05) is 27.7 Å². The number of hydrogen-bond acceptors (Lipinski definition) is 4. The molecule has 1 saturated heterocycles. The van der Waals surface area contributed by atoms with Crippen molar-refractivity contribution in [3.05, 3.63) is 40.4 Å². The number of hydrogen-bond donors (Lipinski definition) is 2. The first-order valence-corrected chi connectivity index (χ1v) is 8.37. The van der Waals surface area contributed by atoms with E-state index in [1.54, 1.807) is 0 Å². The molecule has 1 aliphatic rings. The molecule has 1 fully saturated rings. The highest BCUT2D eigenvalue weighted by Gasteiger charge is 2.52. The predicted octanol–water partition coefficient (Wildman–Crippen LogP) is 2.81. The lowest BCUT2D eigenvalue weighted by molar-refractivity contribution is -0.118. The van der Waals surface area contributed by atoms with E-state index in [1.165, 1.54) is 13.0 Å². The van der Waals surface area contributed by atoms with Gasteiger partial charge in [0.2, 0.25) is 5.91 Å². The number of carbonyl (C=O) groups is 2. The first-order valence-electron chi connectivity index (χ1n) is 8.37. The van der Waals surface area contributed by atoms with E-state index >= 15 is 0 Å². The van der Waals surface area contributed by atoms with Crippen LogP contribution in [0.25, 0.3) is 6.08 Å². The molecule has 146 valence electrons. The summed E-state index contributed by atoms with van der Waals surface area (Å²) < 4.78 is 39.7. The fraction of sp³-hybridized carbons (Fsp3) is 0.444. The number of carboxylic acids is 1. The average molecular weight is 381 g/mol. The van der Waals surface area contributed by atoms with E-state index in [4.69, 9.17) is 14.4 Å². The maximum atomic E-state index is 14.2. The van der Waals surface area contributed by atoms with E-state index in [2.05, 4.69) is 5.32 Å². The quantitative estimate of drug-likeness (QED) is 0.767. The van der Waals surface area contributed by atoms with Crippen LogP contribution >= 0.6 is 0 Å². The molecule has 1 aromatic carbocycles. The lowest BCUT2D eigenvalue weighted by atomic mass is 9.76. The predicted molar refractivity (Wildman–Crippen MR) is 96.1 cm³/mol. The zero-order valence-corrected chi connectivity index (χ0v) is 15.9. The molecule has 0 saturated carbocycles. The molecule has 9 heteroatoms. The fourth-order valence-corrected chi connectivity index (χ4v) is 2.46. The summed E-state index contributed by atoms with van der Waals surface area (Å²) in [5.74, 6) is -3.94. The van der Waals surface area contributed by atoms with Gasteiger partial charge in [-0.05, 0) is 39.2 Å². The van der Waals surface area contributed by atoms with Crippen LogP contribution in [0.3, 0.4) is 0 Å². The minimum absolute atomic E-state index is 0.00855. The Morgan fingerprint density at radius 3 is 2.19 bits per heavy atom. The van der Waals surface area contributed by atoms with Crippen LogP contribution < -0.4 is 5.32 Å². The summed E-state index contributed by atoms with van der Waals surface area (Å²) in [5, 5.41) is 11.6.